The zero-order valence-corrected chi connectivity index (χ0v) is 19.6. The molecule has 0 heterocycles. The number of hydrogen-bond acceptors (Lipinski definition) is 6. The van der Waals surface area contributed by atoms with Crippen molar-refractivity contribution in [3.8, 4) is 11.5 Å². The molecule has 35 heavy (non-hydrogen) atoms. The molecule has 0 spiro atoms. The molecule has 0 atom stereocenters. The number of ether oxygens (including phenoxy) is 1. The maximum atomic E-state index is 12.6. The lowest BCUT2D eigenvalue weighted by molar-refractivity contribution is 0.0955. The third kappa shape index (κ3) is 5.59. The molecule has 0 saturated heterocycles. The minimum atomic E-state index is -3.80. The van der Waals surface area contributed by atoms with Crippen LogP contribution < -0.4 is 14.9 Å². The third-order valence-corrected chi connectivity index (χ3v) is 6.55. The second-order valence-corrected chi connectivity index (χ2v) is 9.19. The van der Waals surface area contributed by atoms with E-state index in [4.69, 9.17) is 4.74 Å². The largest absolute Gasteiger partial charge is 0.507 e. The number of carbonyl (C=O) groups is 1. The van der Waals surface area contributed by atoms with Crippen molar-refractivity contribution in [2.75, 3.05) is 11.3 Å². The number of hydrogen-bond donors (Lipinski definition) is 3. The van der Waals surface area contributed by atoms with E-state index in [9.17, 15) is 18.3 Å². The fraction of sp³-hybridized carbons (Fsp3) is 0.0769. The lowest BCUT2D eigenvalue weighted by Gasteiger charge is -2.10. The first-order valence-electron chi connectivity index (χ1n) is 10.8. The molecule has 8 nitrogen and oxygen atoms in total. The summed E-state index contributed by atoms with van der Waals surface area (Å²) in [5.41, 5.74) is 3.50. The summed E-state index contributed by atoms with van der Waals surface area (Å²) in [4.78, 5) is 12.5. The number of sulfonamides is 1. The van der Waals surface area contributed by atoms with Gasteiger partial charge in [-0.25, -0.2) is 13.8 Å². The highest BCUT2D eigenvalue weighted by molar-refractivity contribution is 7.92. The number of fused-ring (bicyclic) bond motifs is 1. The van der Waals surface area contributed by atoms with Crippen LogP contribution in [0.3, 0.4) is 0 Å². The Morgan fingerprint density at radius 3 is 2.40 bits per heavy atom. The van der Waals surface area contributed by atoms with Gasteiger partial charge < -0.3 is 9.84 Å². The highest BCUT2D eigenvalue weighted by Crippen LogP contribution is 2.25. The summed E-state index contributed by atoms with van der Waals surface area (Å²) >= 11 is 0. The molecule has 0 unspecified atom stereocenters. The van der Waals surface area contributed by atoms with Gasteiger partial charge in [0.1, 0.15) is 11.5 Å². The normalized spacial score (nSPS) is 11.5. The van der Waals surface area contributed by atoms with Gasteiger partial charge >= 0.3 is 0 Å². The number of benzene rings is 4. The maximum absolute atomic E-state index is 12.6. The Kier molecular flexibility index (Phi) is 6.98. The van der Waals surface area contributed by atoms with Crippen LogP contribution in [0.2, 0.25) is 0 Å². The first-order chi connectivity index (χ1) is 16.9. The Morgan fingerprint density at radius 2 is 1.69 bits per heavy atom. The first-order valence-corrected chi connectivity index (χ1v) is 12.3. The average Bonchev–Trinajstić information content (AvgIpc) is 2.86. The number of phenols is 1. The second kappa shape index (κ2) is 10.3. The van der Waals surface area contributed by atoms with Crippen LogP contribution in [0.25, 0.3) is 10.8 Å². The van der Waals surface area contributed by atoms with E-state index in [-0.39, 0.29) is 16.2 Å². The van der Waals surface area contributed by atoms with Crippen LogP contribution >= 0.6 is 0 Å². The molecule has 4 aromatic rings. The quantitative estimate of drug-likeness (QED) is 0.249. The van der Waals surface area contributed by atoms with Crippen LogP contribution in [0.4, 0.5) is 5.69 Å². The molecule has 0 aliphatic carbocycles. The number of nitrogens with zero attached hydrogens (tertiary/aromatic N) is 1. The second-order valence-electron chi connectivity index (χ2n) is 7.51. The van der Waals surface area contributed by atoms with Gasteiger partial charge in [0.15, 0.2) is 0 Å². The molecule has 0 saturated carbocycles. The zero-order valence-electron chi connectivity index (χ0n) is 18.8. The Labute approximate surface area is 202 Å². The van der Waals surface area contributed by atoms with Crippen LogP contribution in [-0.2, 0) is 10.0 Å². The fourth-order valence-electron chi connectivity index (χ4n) is 3.43. The van der Waals surface area contributed by atoms with Crippen molar-refractivity contribution in [2.45, 2.75) is 11.8 Å². The van der Waals surface area contributed by atoms with Crippen molar-refractivity contribution < 1.29 is 23.1 Å². The van der Waals surface area contributed by atoms with Crippen molar-refractivity contribution in [3.05, 3.63) is 96.1 Å². The van der Waals surface area contributed by atoms with Crippen LogP contribution in [0.1, 0.15) is 22.8 Å². The molecule has 0 radical (unpaired) electrons. The van der Waals surface area contributed by atoms with Gasteiger partial charge in [0.2, 0.25) is 0 Å². The number of phenolic OH excluding ortho intramolecular Hbond substituents is 1. The number of anilines is 1. The van der Waals surface area contributed by atoms with Gasteiger partial charge in [0, 0.05) is 16.8 Å². The lowest BCUT2D eigenvalue weighted by atomic mass is 10.0. The van der Waals surface area contributed by atoms with E-state index in [0.717, 1.165) is 10.8 Å². The van der Waals surface area contributed by atoms with E-state index < -0.39 is 15.9 Å². The number of rotatable bonds is 8. The Morgan fingerprint density at radius 1 is 0.971 bits per heavy atom. The lowest BCUT2D eigenvalue weighted by Crippen LogP contribution is -2.18. The topological polar surface area (TPSA) is 117 Å². The molecule has 0 aliphatic rings. The minimum Gasteiger partial charge on any atom is -0.507 e. The molecule has 3 N–H and O–H groups in total. The third-order valence-electron chi connectivity index (χ3n) is 5.15. The number of nitrogens with one attached hydrogen (secondary N) is 2. The summed E-state index contributed by atoms with van der Waals surface area (Å²) in [6, 6.07) is 22.9. The molecule has 4 aromatic carbocycles. The molecule has 178 valence electrons. The highest BCUT2D eigenvalue weighted by Gasteiger charge is 2.15. The highest BCUT2D eigenvalue weighted by atomic mass is 32.2. The molecular weight excluding hydrogens is 466 g/mol. The molecular formula is C26H23N3O5S. The predicted molar refractivity (Wildman–Crippen MR) is 136 cm³/mol. The van der Waals surface area contributed by atoms with E-state index in [1.807, 2.05) is 31.2 Å². The first kappa shape index (κ1) is 23.8. The van der Waals surface area contributed by atoms with Crippen LogP contribution in [0, 0.1) is 0 Å². The van der Waals surface area contributed by atoms with Crippen molar-refractivity contribution in [1.82, 2.24) is 5.43 Å². The monoisotopic (exact) mass is 489 g/mol. The van der Waals surface area contributed by atoms with Gasteiger partial charge in [-0.2, -0.15) is 5.10 Å². The zero-order chi connectivity index (χ0) is 24.8. The molecule has 1 amide bonds. The van der Waals surface area contributed by atoms with Gasteiger partial charge in [-0.1, -0.05) is 30.3 Å². The van der Waals surface area contributed by atoms with Gasteiger partial charge in [0.25, 0.3) is 15.9 Å². The van der Waals surface area contributed by atoms with E-state index in [0.29, 0.717) is 23.6 Å². The average molecular weight is 490 g/mol. The number of aromatic hydroxyl groups is 1. The molecule has 0 aliphatic heterocycles. The predicted octanol–water partition coefficient (Wildman–Crippen LogP) is 4.51. The van der Waals surface area contributed by atoms with Crippen molar-refractivity contribution in [2.24, 2.45) is 5.10 Å². The summed E-state index contributed by atoms with van der Waals surface area (Å²) in [5, 5.41) is 15.9. The Balaban J connectivity index is 1.41. The fourth-order valence-corrected chi connectivity index (χ4v) is 4.48. The standard InChI is InChI=1S/C26H23N3O5S/c1-2-34-21-12-14-22(15-13-21)35(32,33)29-20-10-7-19(8-11-20)26(31)28-27-17-24-23-6-4-3-5-18(23)9-16-25(24)30/h3-17,29-30H,2H2,1H3,(H,28,31)/b27-17-. The van der Waals surface area contributed by atoms with Crippen LogP contribution in [0.5, 0.6) is 11.5 Å². The summed E-state index contributed by atoms with van der Waals surface area (Å²) < 4.78 is 33.0. The maximum Gasteiger partial charge on any atom is 0.271 e. The van der Waals surface area contributed by atoms with Gasteiger partial charge in [-0.15, -0.1) is 0 Å². The molecule has 9 heteroatoms. The van der Waals surface area contributed by atoms with Crippen molar-refractivity contribution in [3.63, 3.8) is 0 Å². The van der Waals surface area contributed by atoms with E-state index >= 15 is 0 Å². The number of carbonyl (C=O) groups excluding carboxylic acids is 1. The SMILES string of the molecule is CCOc1ccc(S(=O)(=O)Nc2ccc(C(=O)N/N=C\c3c(O)ccc4ccccc34)cc2)cc1. The number of amides is 1. The van der Waals surface area contributed by atoms with E-state index in [1.54, 1.807) is 24.3 Å². The van der Waals surface area contributed by atoms with Crippen molar-refractivity contribution in [1.29, 1.82) is 0 Å². The molecule has 0 fully saturated rings. The van der Waals surface area contributed by atoms with Gasteiger partial charge in [-0.05, 0) is 72.3 Å². The van der Waals surface area contributed by atoms with Gasteiger partial charge in [0.05, 0.1) is 17.7 Å². The number of hydrazone groups is 1. The smallest absolute Gasteiger partial charge is 0.271 e. The van der Waals surface area contributed by atoms with Crippen LogP contribution in [0.15, 0.2) is 94.9 Å². The Hall–Kier alpha value is -4.37. The summed E-state index contributed by atoms with van der Waals surface area (Å²) in [6.07, 6.45) is 1.38. The van der Waals surface area contributed by atoms with E-state index in [2.05, 4.69) is 15.2 Å². The minimum absolute atomic E-state index is 0.0471. The summed E-state index contributed by atoms with van der Waals surface area (Å²) in [7, 11) is -3.80. The summed E-state index contributed by atoms with van der Waals surface area (Å²) in [6.45, 7) is 2.33. The van der Waals surface area contributed by atoms with Crippen LogP contribution in [-0.4, -0.2) is 32.3 Å². The molecule has 0 aromatic heterocycles. The van der Waals surface area contributed by atoms with E-state index in [1.165, 1.54) is 42.6 Å². The van der Waals surface area contributed by atoms with Crippen molar-refractivity contribution >= 4 is 38.6 Å². The molecule has 0 bridgehead atoms. The van der Waals surface area contributed by atoms with Gasteiger partial charge in [-0.3, -0.25) is 9.52 Å². The summed E-state index contributed by atoms with van der Waals surface area (Å²) in [5.74, 6) is 0.146. The molecule has 4 rings (SSSR count). The Bertz CT molecular complexity index is 1480.